The molecule has 1 aromatic carbocycles. The second-order valence-electron chi connectivity index (χ2n) is 4.08. The number of aliphatic hydroxyl groups is 1. The molecule has 0 spiro atoms. The van der Waals surface area contributed by atoms with Crippen molar-refractivity contribution in [1.82, 2.24) is 4.98 Å². The molecule has 1 atom stereocenters. The molecule has 0 radical (unpaired) electrons. The van der Waals surface area contributed by atoms with E-state index >= 15 is 0 Å². The molecule has 0 saturated carbocycles. The Morgan fingerprint density at radius 2 is 2.18 bits per heavy atom. The maximum Gasteiger partial charge on any atom is 0.123 e. The van der Waals surface area contributed by atoms with Gasteiger partial charge in [0.2, 0.25) is 0 Å². The minimum atomic E-state index is -0.702. The molecule has 1 aromatic heterocycles. The molecular weight excluding hydrogens is 237 g/mol. The largest absolute Gasteiger partial charge is 0.388 e. The van der Waals surface area contributed by atoms with Gasteiger partial charge in [-0.1, -0.05) is 6.07 Å². The Labute approximate surface area is 104 Å². The Morgan fingerprint density at radius 1 is 1.41 bits per heavy atom. The van der Waals surface area contributed by atoms with E-state index in [-0.39, 0.29) is 5.82 Å². The molecule has 1 unspecified atom stereocenters. The maximum atomic E-state index is 13.1. The molecule has 2 nitrogen and oxygen atoms in total. The monoisotopic (exact) mass is 251 g/mol. The van der Waals surface area contributed by atoms with Crippen molar-refractivity contribution in [2.75, 3.05) is 0 Å². The van der Waals surface area contributed by atoms with Crippen LogP contribution >= 0.6 is 11.3 Å². The van der Waals surface area contributed by atoms with Crippen LogP contribution in [-0.2, 0) is 6.42 Å². The zero-order chi connectivity index (χ0) is 12.4. The van der Waals surface area contributed by atoms with Crippen molar-refractivity contribution >= 4 is 11.3 Å². The Hall–Kier alpha value is -1.26. The number of hydrogen-bond donors (Lipinski definition) is 1. The van der Waals surface area contributed by atoms with Gasteiger partial charge in [0, 0.05) is 11.8 Å². The first-order valence-corrected chi connectivity index (χ1v) is 6.29. The Bertz CT molecular complexity index is 524. The zero-order valence-corrected chi connectivity index (χ0v) is 10.6. The Kier molecular flexibility index (Phi) is 3.54. The molecule has 1 N–H and O–H groups in total. The number of halogens is 1. The van der Waals surface area contributed by atoms with Gasteiger partial charge in [-0.3, -0.25) is 0 Å². The van der Waals surface area contributed by atoms with Gasteiger partial charge in [-0.15, -0.1) is 11.3 Å². The van der Waals surface area contributed by atoms with E-state index in [0.717, 1.165) is 16.3 Å². The molecule has 0 fully saturated rings. The lowest BCUT2D eigenvalue weighted by atomic mass is 10.0. The normalized spacial score (nSPS) is 12.7. The van der Waals surface area contributed by atoms with Crippen molar-refractivity contribution in [2.24, 2.45) is 0 Å². The predicted octanol–water partition coefficient (Wildman–Crippen LogP) is 3.18. The summed E-state index contributed by atoms with van der Waals surface area (Å²) in [5, 5.41) is 13.0. The van der Waals surface area contributed by atoms with E-state index in [0.29, 0.717) is 12.0 Å². The fourth-order valence-corrected chi connectivity index (χ4v) is 2.41. The van der Waals surface area contributed by atoms with E-state index in [2.05, 4.69) is 4.98 Å². The summed E-state index contributed by atoms with van der Waals surface area (Å²) in [5.41, 5.74) is 2.38. The van der Waals surface area contributed by atoms with Gasteiger partial charge in [-0.25, -0.2) is 9.37 Å². The Balaban J connectivity index is 2.19. The van der Waals surface area contributed by atoms with Crippen molar-refractivity contribution in [2.45, 2.75) is 26.4 Å². The first-order valence-electron chi connectivity index (χ1n) is 5.41. The van der Waals surface area contributed by atoms with Gasteiger partial charge in [0.15, 0.2) is 0 Å². The van der Waals surface area contributed by atoms with Gasteiger partial charge in [0.1, 0.15) is 5.82 Å². The summed E-state index contributed by atoms with van der Waals surface area (Å²) in [6.07, 6.45) is -0.276. The highest BCUT2D eigenvalue weighted by atomic mass is 32.1. The van der Waals surface area contributed by atoms with Crippen LogP contribution in [-0.4, -0.2) is 10.1 Å². The van der Waals surface area contributed by atoms with Crippen LogP contribution in [0.2, 0.25) is 0 Å². The molecule has 17 heavy (non-hydrogen) atoms. The van der Waals surface area contributed by atoms with Gasteiger partial charge in [0.05, 0.1) is 16.8 Å². The summed E-state index contributed by atoms with van der Waals surface area (Å²) in [5.74, 6) is -0.320. The number of nitrogens with zero attached hydrogens (tertiary/aromatic N) is 1. The van der Waals surface area contributed by atoms with Crippen LogP contribution < -0.4 is 0 Å². The minimum absolute atomic E-state index is 0.320. The lowest BCUT2D eigenvalue weighted by Gasteiger charge is -2.12. The molecule has 0 aliphatic heterocycles. The number of benzene rings is 1. The van der Waals surface area contributed by atoms with Crippen molar-refractivity contribution in [1.29, 1.82) is 0 Å². The predicted molar refractivity (Wildman–Crippen MR) is 66.7 cm³/mol. The summed E-state index contributed by atoms with van der Waals surface area (Å²) in [4.78, 5) is 4.29. The summed E-state index contributed by atoms with van der Waals surface area (Å²) < 4.78 is 13.1. The van der Waals surface area contributed by atoms with E-state index in [1.54, 1.807) is 17.4 Å². The molecule has 90 valence electrons. The third-order valence-electron chi connectivity index (χ3n) is 2.67. The van der Waals surface area contributed by atoms with Gasteiger partial charge in [0.25, 0.3) is 0 Å². The van der Waals surface area contributed by atoms with Crippen LogP contribution in [0.25, 0.3) is 0 Å². The van der Waals surface area contributed by atoms with E-state index in [1.807, 2.05) is 19.2 Å². The lowest BCUT2D eigenvalue weighted by molar-refractivity contribution is 0.176. The van der Waals surface area contributed by atoms with Crippen molar-refractivity contribution in [3.05, 3.63) is 51.2 Å². The van der Waals surface area contributed by atoms with Crippen molar-refractivity contribution < 1.29 is 9.50 Å². The van der Waals surface area contributed by atoms with E-state index in [9.17, 15) is 9.50 Å². The van der Waals surface area contributed by atoms with Gasteiger partial charge >= 0.3 is 0 Å². The number of thiazole rings is 1. The SMILES string of the molecule is Cc1nc(CC(O)c2cc(F)ccc2C)cs1. The molecular formula is C13H14FNOS. The summed E-state index contributed by atoms with van der Waals surface area (Å²) >= 11 is 1.55. The molecule has 1 heterocycles. The molecule has 0 saturated heterocycles. The van der Waals surface area contributed by atoms with Crippen LogP contribution in [0.15, 0.2) is 23.6 Å². The van der Waals surface area contributed by atoms with Crippen molar-refractivity contribution in [3.8, 4) is 0 Å². The highest BCUT2D eigenvalue weighted by Crippen LogP contribution is 2.23. The minimum Gasteiger partial charge on any atom is -0.388 e. The molecule has 0 aliphatic rings. The molecule has 4 heteroatoms. The highest BCUT2D eigenvalue weighted by molar-refractivity contribution is 7.09. The van der Waals surface area contributed by atoms with Crippen LogP contribution in [0.3, 0.4) is 0 Å². The number of hydrogen-bond acceptors (Lipinski definition) is 3. The molecule has 2 rings (SSSR count). The smallest absolute Gasteiger partial charge is 0.123 e. The second kappa shape index (κ2) is 4.94. The standard InChI is InChI=1S/C13H14FNOS/c1-8-3-4-10(14)5-12(8)13(16)6-11-7-17-9(2)15-11/h3-5,7,13,16H,6H2,1-2H3. The van der Waals surface area contributed by atoms with Gasteiger partial charge in [-0.2, -0.15) is 0 Å². The van der Waals surface area contributed by atoms with Crippen LogP contribution in [0.5, 0.6) is 0 Å². The quantitative estimate of drug-likeness (QED) is 0.909. The zero-order valence-electron chi connectivity index (χ0n) is 9.77. The highest BCUT2D eigenvalue weighted by Gasteiger charge is 2.13. The first kappa shape index (κ1) is 12.2. The maximum absolute atomic E-state index is 13.1. The van der Waals surface area contributed by atoms with Crippen molar-refractivity contribution in [3.63, 3.8) is 0 Å². The average Bonchev–Trinajstić information content (AvgIpc) is 2.67. The third kappa shape index (κ3) is 2.90. The van der Waals surface area contributed by atoms with Gasteiger partial charge in [-0.05, 0) is 37.1 Å². The second-order valence-corrected chi connectivity index (χ2v) is 5.14. The van der Waals surface area contributed by atoms with E-state index in [4.69, 9.17) is 0 Å². The molecule has 0 bridgehead atoms. The lowest BCUT2D eigenvalue weighted by Crippen LogP contribution is -2.04. The van der Waals surface area contributed by atoms with Gasteiger partial charge < -0.3 is 5.11 Å². The fourth-order valence-electron chi connectivity index (χ4n) is 1.78. The number of aryl methyl sites for hydroxylation is 2. The van der Waals surface area contributed by atoms with Crippen LogP contribution in [0, 0.1) is 19.7 Å². The fraction of sp³-hybridized carbons (Fsp3) is 0.308. The van der Waals surface area contributed by atoms with E-state index in [1.165, 1.54) is 12.1 Å². The van der Waals surface area contributed by atoms with Crippen LogP contribution in [0.4, 0.5) is 4.39 Å². The number of rotatable bonds is 3. The summed E-state index contributed by atoms with van der Waals surface area (Å²) in [6.45, 7) is 3.79. The number of aromatic nitrogens is 1. The molecule has 0 amide bonds. The molecule has 2 aromatic rings. The third-order valence-corrected chi connectivity index (χ3v) is 3.49. The average molecular weight is 251 g/mol. The van der Waals surface area contributed by atoms with Crippen LogP contribution in [0.1, 0.15) is 27.9 Å². The summed E-state index contributed by atoms with van der Waals surface area (Å²) in [6, 6.07) is 4.47. The number of aliphatic hydroxyl groups excluding tert-OH is 1. The Morgan fingerprint density at radius 3 is 2.82 bits per heavy atom. The van der Waals surface area contributed by atoms with E-state index < -0.39 is 6.10 Å². The topological polar surface area (TPSA) is 33.1 Å². The molecule has 0 aliphatic carbocycles. The first-order chi connectivity index (χ1) is 8.06. The summed E-state index contributed by atoms with van der Waals surface area (Å²) in [7, 11) is 0.